The summed E-state index contributed by atoms with van der Waals surface area (Å²) in [4.78, 5) is 35.7. The number of carbonyl (C=O) groups excluding carboxylic acids is 2. The number of aromatic nitrogens is 3. The molecule has 0 saturated carbocycles. The van der Waals surface area contributed by atoms with Crippen molar-refractivity contribution in [3.63, 3.8) is 0 Å². The van der Waals surface area contributed by atoms with Crippen LogP contribution in [0.3, 0.4) is 0 Å². The Morgan fingerprint density at radius 3 is 2.66 bits per heavy atom. The van der Waals surface area contributed by atoms with E-state index in [0.717, 1.165) is 23.9 Å². The highest BCUT2D eigenvalue weighted by molar-refractivity contribution is 7.99. The summed E-state index contributed by atoms with van der Waals surface area (Å²) >= 11 is 1.10. The number of H-pyrrole nitrogens is 1. The number of primary amides is 1. The van der Waals surface area contributed by atoms with Crippen molar-refractivity contribution in [1.82, 2.24) is 20.3 Å². The minimum atomic E-state index is -0.646. The van der Waals surface area contributed by atoms with Gasteiger partial charge in [0.05, 0.1) is 17.3 Å². The van der Waals surface area contributed by atoms with Crippen LogP contribution in [0.1, 0.15) is 26.4 Å². The molecule has 4 aromatic rings. The van der Waals surface area contributed by atoms with E-state index in [-0.39, 0.29) is 29.0 Å². The van der Waals surface area contributed by atoms with E-state index < -0.39 is 23.4 Å². The molecule has 8 nitrogen and oxygen atoms in total. The smallest absolute Gasteiger partial charge is 0.274 e. The van der Waals surface area contributed by atoms with E-state index in [1.54, 1.807) is 24.3 Å². The molecule has 2 amide bonds. The molecular weight excluding hydrogens is 438 g/mol. The predicted molar refractivity (Wildman–Crippen MR) is 115 cm³/mol. The monoisotopic (exact) mass is 454 g/mol. The number of nitrogens with one attached hydrogen (secondary N) is 2. The van der Waals surface area contributed by atoms with Crippen molar-refractivity contribution in [2.75, 3.05) is 5.73 Å². The van der Waals surface area contributed by atoms with Gasteiger partial charge in [-0.3, -0.25) is 9.59 Å². The lowest BCUT2D eigenvalue weighted by atomic mass is 10.1. The molecule has 0 saturated heterocycles. The number of nitrogen functional groups attached to an aromatic ring is 1. The number of halogens is 2. The molecule has 32 heavy (non-hydrogen) atoms. The molecule has 6 N–H and O–H groups in total. The molecule has 0 aliphatic rings. The second-order valence-electron chi connectivity index (χ2n) is 6.68. The van der Waals surface area contributed by atoms with Crippen molar-refractivity contribution in [2.45, 2.75) is 16.5 Å². The van der Waals surface area contributed by atoms with E-state index in [1.165, 1.54) is 12.4 Å². The van der Waals surface area contributed by atoms with Crippen LogP contribution in [0.5, 0.6) is 0 Å². The first-order valence-corrected chi connectivity index (χ1v) is 10.1. The summed E-state index contributed by atoms with van der Waals surface area (Å²) < 4.78 is 28.0. The Labute approximate surface area is 184 Å². The fourth-order valence-electron chi connectivity index (χ4n) is 3.11. The van der Waals surface area contributed by atoms with Crippen LogP contribution < -0.4 is 16.8 Å². The lowest BCUT2D eigenvalue weighted by molar-refractivity contribution is 0.0944. The van der Waals surface area contributed by atoms with Gasteiger partial charge in [-0.25, -0.2) is 18.7 Å². The lowest BCUT2D eigenvalue weighted by Gasteiger charge is -2.09. The molecule has 0 spiro atoms. The number of benzene rings is 2. The third-order valence-corrected chi connectivity index (χ3v) is 5.60. The van der Waals surface area contributed by atoms with E-state index in [1.807, 2.05) is 0 Å². The molecular formula is C21H16F2N6O2S. The van der Waals surface area contributed by atoms with Crippen LogP contribution in [0.25, 0.3) is 10.9 Å². The highest BCUT2D eigenvalue weighted by Crippen LogP contribution is 2.29. The van der Waals surface area contributed by atoms with Gasteiger partial charge in [-0.05, 0) is 29.8 Å². The fourth-order valence-corrected chi connectivity index (χ4v) is 4.00. The van der Waals surface area contributed by atoms with Crippen LogP contribution in [0.2, 0.25) is 0 Å². The third-order valence-electron chi connectivity index (χ3n) is 4.62. The molecule has 2 heterocycles. The molecule has 0 unspecified atom stereocenters. The molecule has 4 rings (SSSR count). The highest BCUT2D eigenvalue weighted by atomic mass is 32.2. The molecule has 2 aromatic heterocycles. The summed E-state index contributed by atoms with van der Waals surface area (Å²) in [6, 6.07) is 8.71. The first-order chi connectivity index (χ1) is 15.3. The van der Waals surface area contributed by atoms with Gasteiger partial charge >= 0.3 is 0 Å². The number of aromatic amines is 1. The summed E-state index contributed by atoms with van der Waals surface area (Å²) in [5.41, 5.74) is 11.7. The average Bonchev–Trinajstić information content (AvgIpc) is 3.21. The van der Waals surface area contributed by atoms with Crippen molar-refractivity contribution in [1.29, 1.82) is 0 Å². The fraction of sp³-hybridized carbons (Fsp3) is 0.0476. The maximum atomic E-state index is 14.1. The number of nitrogens with two attached hydrogens (primary N) is 2. The number of anilines is 1. The minimum Gasteiger partial charge on any atom is -0.382 e. The van der Waals surface area contributed by atoms with Crippen LogP contribution in [0, 0.1) is 11.6 Å². The van der Waals surface area contributed by atoms with Gasteiger partial charge in [0.15, 0.2) is 11.5 Å². The lowest BCUT2D eigenvalue weighted by Crippen LogP contribution is -2.25. The van der Waals surface area contributed by atoms with E-state index in [9.17, 15) is 18.4 Å². The Morgan fingerprint density at radius 1 is 1.12 bits per heavy atom. The Morgan fingerprint density at radius 2 is 1.88 bits per heavy atom. The van der Waals surface area contributed by atoms with Crippen molar-refractivity contribution >= 4 is 40.3 Å². The zero-order valence-corrected chi connectivity index (χ0v) is 17.2. The predicted octanol–water partition coefficient (Wildman–Crippen LogP) is 3.00. The zero-order valence-electron chi connectivity index (χ0n) is 16.4. The summed E-state index contributed by atoms with van der Waals surface area (Å²) in [5, 5.41) is 2.96. The third kappa shape index (κ3) is 4.10. The van der Waals surface area contributed by atoms with Crippen LogP contribution in [0.4, 0.5) is 14.6 Å². The second kappa shape index (κ2) is 8.63. The van der Waals surface area contributed by atoms with E-state index in [4.69, 9.17) is 11.5 Å². The molecule has 0 radical (unpaired) electrons. The van der Waals surface area contributed by atoms with Gasteiger partial charge in [0, 0.05) is 23.0 Å². The van der Waals surface area contributed by atoms with Crippen molar-refractivity contribution in [3.8, 4) is 0 Å². The Kier molecular flexibility index (Phi) is 5.73. The Balaban J connectivity index is 1.55. The number of hydrogen-bond acceptors (Lipinski definition) is 6. The maximum absolute atomic E-state index is 14.1. The normalized spacial score (nSPS) is 10.9. The SMILES string of the molecule is NC(=O)c1ccccc1Sc1cnc(N)c(C(=O)NCc2c[nH]c3c(F)ccc(F)c23)n1. The average molecular weight is 454 g/mol. The molecule has 0 aliphatic carbocycles. The Bertz CT molecular complexity index is 1360. The van der Waals surface area contributed by atoms with Gasteiger partial charge in [0.1, 0.15) is 16.7 Å². The summed E-state index contributed by atoms with van der Waals surface area (Å²) in [6.45, 7) is -0.0950. The largest absolute Gasteiger partial charge is 0.382 e. The van der Waals surface area contributed by atoms with Crippen molar-refractivity contribution in [3.05, 3.63) is 77.2 Å². The van der Waals surface area contributed by atoms with Crippen LogP contribution in [0.15, 0.2) is 58.7 Å². The number of amides is 2. The van der Waals surface area contributed by atoms with Crippen LogP contribution in [-0.4, -0.2) is 26.8 Å². The van der Waals surface area contributed by atoms with Gasteiger partial charge in [-0.2, -0.15) is 0 Å². The zero-order chi connectivity index (χ0) is 22.8. The van der Waals surface area contributed by atoms with Gasteiger partial charge in [0.25, 0.3) is 5.91 Å². The molecule has 0 fully saturated rings. The van der Waals surface area contributed by atoms with Gasteiger partial charge < -0.3 is 21.8 Å². The molecule has 11 heteroatoms. The summed E-state index contributed by atoms with van der Waals surface area (Å²) in [5.74, 6) is -2.57. The molecule has 162 valence electrons. The highest BCUT2D eigenvalue weighted by Gasteiger charge is 2.18. The summed E-state index contributed by atoms with van der Waals surface area (Å²) in [7, 11) is 0. The Hall–Kier alpha value is -3.99. The van der Waals surface area contributed by atoms with Gasteiger partial charge in [0.2, 0.25) is 5.91 Å². The molecule has 0 bridgehead atoms. The minimum absolute atomic E-state index is 0.0140. The summed E-state index contributed by atoms with van der Waals surface area (Å²) in [6.07, 6.45) is 2.78. The van der Waals surface area contributed by atoms with Crippen molar-refractivity contribution in [2.24, 2.45) is 5.73 Å². The van der Waals surface area contributed by atoms with Crippen LogP contribution >= 0.6 is 11.8 Å². The number of carbonyl (C=O) groups is 2. The van der Waals surface area contributed by atoms with Gasteiger partial charge in [-0.15, -0.1) is 0 Å². The van der Waals surface area contributed by atoms with Gasteiger partial charge in [-0.1, -0.05) is 23.9 Å². The molecule has 2 aromatic carbocycles. The number of nitrogens with zero attached hydrogens (tertiary/aromatic N) is 2. The standard InChI is InChI=1S/C21H16F2N6O2S/c22-12-5-6-13(23)17-16(12)10(7-26-17)8-28-21(31)18-19(24)27-9-15(29-18)32-14-4-2-1-3-11(14)20(25)30/h1-7,9,26H,8H2,(H2,24,27)(H2,25,30)(H,28,31). The van der Waals surface area contributed by atoms with E-state index in [2.05, 4.69) is 20.3 Å². The number of rotatable bonds is 6. The maximum Gasteiger partial charge on any atom is 0.274 e. The quantitative estimate of drug-likeness (QED) is 0.353. The second-order valence-corrected chi connectivity index (χ2v) is 7.74. The van der Waals surface area contributed by atoms with E-state index in [0.29, 0.717) is 21.0 Å². The number of hydrogen-bond donors (Lipinski definition) is 4. The van der Waals surface area contributed by atoms with Crippen molar-refractivity contribution < 1.29 is 18.4 Å². The number of fused-ring (bicyclic) bond motifs is 1. The first kappa shape index (κ1) is 21.2. The molecule has 0 atom stereocenters. The van der Waals surface area contributed by atoms with Crippen LogP contribution in [-0.2, 0) is 6.54 Å². The first-order valence-electron chi connectivity index (χ1n) is 9.26. The topological polar surface area (TPSA) is 140 Å². The van der Waals surface area contributed by atoms with E-state index >= 15 is 0 Å². The molecule has 0 aliphatic heterocycles.